The minimum atomic E-state index is -4.35. The van der Waals surface area contributed by atoms with Crippen molar-refractivity contribution in [1.29, 1.82) is 0 Å². The van der Waals surface area contributed by atoms with E-state index < -0.39 is 12.8 Å². The summed E-state index contributed by atoms with van der Waals surface area (Å²) in [4.78, 5) is 8.57. The zero-order valence-electron chi connectivity index (χ0n) is 14.5. The Balaban J connectivity index is 1.90. The van der Waals surface area contributed by atoms with E-state index in [1.54, 1.807) is 23.9 Å². The molecule has 0 radical (unpaired) electrons. The van der Waals surface area contributed by atoms with Crippen molar-refractivity contribution in [3.05, 3.63) is 42.0 Å². The van der Waals surface area contributed by atoms with Crippen LogP contribution >= 0.6 is 0 Å². The molecule has 0 aliphatic rings. The first-order valence-corrected chi connectivity index (χ1v) is 8.01. The highest BCUT2D eigenvalue weighted by Crippen LogP contribution is 2.19. The SMILES string of the molecule is CCNC(=NCc1ccc(OCC(F)(F)F)cc1)NCc1ncnn1C. The summed E-state index contributed by atoms with van der Waals surface area (Å²) in [5, 5.41) is 10.3. The second kappa shape index (κ2) is 9.07. The van der Waals surface area contributed by atoms with Gasteiger partial charge in [0.1, 0.15) is 17.9 Å². The zero-order valence-corrected chi connectivity index (χ0v) is 14.5. The van der Waals surface area contributed by atoms with E-state index in [4.69, 9.17) is 0 Å². The first-order chi connectivity index (χ1) is 12.4. The van der Waals surface area contributed by atoms with Gasteiger partial charge in [0.2, 0.25) is 0 Å². The highest BCUT2D eigenvalue weighted by molar-refractivity contribution is 5.79. The Kier molecular flexibility index (Phi) is 6.81. The molecule has 0 saturated heterocycles. The zero-order chi connectivity index (χ0) is 19.0. The Hall–Kier alpha value is -2.78. The van der Waals surface area contributed by atoms with Crippen LogP contribution in [0.2, 0.25) is 0 Å². The number of halogens is 3. The first kappa shape index (κ1) is 19.5. The van der Waals surface area contributed by atoms with E-state index in [0.29, 0.717) is 25.6 Å². The molecule has 0 aliphatic carbocycles. The van der Waals surface area contributed by atoms with E-state index in [9.17, 15) is 13.2 Å². The third kappa shape index (κ3) is 6.61. The molecule has 2 rings (SSSR count). The van der Waals surface area contributed by atoms with Crippen LogP contribution in [-0.2, 0) is 20.1 Å². The fourth-order valence-corrected chi connectivity index (χ4v) is 2.01. The Morgan fingerprint density at radius 2 is 1.96 bits per heavy atom. The second-order valence-corrected chi connectivity index (χ2v) is 5.40. The van der Waals surface area contributed by atoms with Crippen LogP contribution in [0.1, 0.15) is 18.3 Å². The smallest absolute Gasteiger partial charge is 0.422 e. The summed E-state index contributed by atoms with van der Waals surface area (Å²) in [5.41, 5.74) is 0.847. The molecule has 1 aromatic carbocycles. The van der Waals surface area contributed by atoms with Crippen molar-refractivity contribution >= 4 is 5.96 Å². The predicted octanol–water partition coefficient (Wildman–Crippen LogP) is 2.01. The van der Waals surface area contributed by atoms with Crippen LogP contribution in [0.25, 0.3) is 0 Å². The molecular weight excluding hydrogens is 349 g/mol. The van der Waals surface area contributed by atoms with Gasteiger partial charge in [0, 0.05) is 13.6 Å². The summed E-state index contributed by atoms with van der Waals surface area (Å²) in [6.07, 6.45) is -2.87. The number of aryl methyl sites for hydroxylation is 1. The number of aliphatic imine (C=N–C) groups is 1. The van der Waals surface area contributed by atoms with Gasteiger partial charge in [-0.1, -0.05) is 12.1 Å². The van der Waals surface area contributed by atoms with Crippen molar-refractivity contribution in [2.75, 3.05) is 13.2 Å². The summed E-state index contributed by atoms with van der Waals surface area (Å²) in [5.74, 6) is 1.54. The Labute approximate surface area is 149 Å². The second-order valence-electron chi connectivity index (χ2n) is 5.40. The van der Waals surface area contributed by atoms with Crippen LogP contribution in [-0.4, -0.2) is 40.1 Å². The fourth-order valence-electron chi connectivity index (χ4n) is 2.01. The molecule has 1 heterocycles. The molecule has 0 amide bonds. The van der Waals surface area contributed by atoms with Crippen LogP contribution in [0.5, 0.6) is 5.75 Å². The van der Waals surface area contributed by atoms with Crippen LogP contribution < -0.4 is 15.4 Å². The van der Waals surface area contributed by atoms with Crippen molar-refractivity contribution in [2.24, 2.45) is 12.0 Å². The normalized spacial score (nSPS) is 12.1. The molecule has 0 unspecified atom stereocenters. The van der Waals surface area contributed by atoms with E-state index >= 15 is 0 Å². The number of guanidine groups is 1. The van der Waals surface area contributed by atoms with E-state index in [0.717, 1.165) is 11.4 Å². The van der Waals surface area contributed by atoms with Gasteiger partial charge in [0.25, 0.3) is 0 Å². The number of rotatable bonds is 7. The number of nitrogens with one attached hydrogen (secondary N) is 2. The molecular formula is C16H21F3N6O. The van der Waals surface area contributed by atoms with Gasteiger partial charge in [-0.15, -0.1) is 0 Å². The van der Waals surface area contributed by atoms with E-state index in [-0.39, 0.29) is 5.75 Å². The van der Waals surface area contributed by atoms with Crippen LogP contribution in [0.3, 0.4) is 0 Å². The van der Waals surface area contributed by atoms with E-state index in [2.05, 4.69) is 30.4 Å². The maximum atomic E-state index is 12.1. The number of alkyl halides is 3. The summed E-state index contributed by atoms with van der Waals surface area (Å²) in [7, 11) is 1.80. The van der Waals surface area contributed by atoms with Crippen LogP contribution in [0.4, 0.5) is 13.2 Å². The maximum absolute atomic E-state index is 12.1. The largest absolute Gasteiger partial charge is 0.484 e. The van der Waals surface area contributed by atoms with Crippen molar-refractivity contribution < 1.29 is 17.9 Å². The van der Waals surface area contributed by atoms with Crippen LogP contribution in [0.15, 0.2) is 35.6 Å². The lowest BCUT2D eigenvalue weighted by atomic mass is 10.2. The molecule has 2 aromatic rings. The molecule has 0 bridgehead atoms. The van der Waals surface area contributed by atoms with Crippen molar-refractivity contribution in [1.82, 2.24) is 25.4 Å². The minimum Gasteiger partial charge on any atom is -0.484 e. The molecule has 7 nitrogen and oxygen atoms in total. The highest BCUT2D eigenvalue weighted by Gasteiger charge is 2.28. The topological polar surface area (TPSA) is 76.4 Å². The highest BCUT2D eigenvalue weighted by atomic mass is 19.4. The number of ether oxygens (including phenoxy) is 1. The fraction of sp³-hybridized carbons (Fsp3) is 0.438. The quantitative estimate of drug-likeness (QED) is 0.576. The first-order valence-electron chi connectivity index (χ1n) is 8.01. The molecule has 1 aromatic heterocycles. The molecule has 142 valence electrons. The lowest BCUT2D eigenvalue weighted by Crippen LogP contribution is -2.37. The van der Waals surface area contributed by atoms with Gasteiger partial charge in [0.15, 0.2) is 12.6 Å². The van der Waals surface area contributed by atoms with Gasteiger partial charge in [-0.2, -0.15) is 18.3 Å². The summed E-state index contributed by atoms with van der Waals surface area (Å²) >= 11 is 0. The van der Waals surface area contributed by atoms with Gasteiger partial charge in [0.05, 0.1) is 13.1 Å². The van der Waals surface area contributed by atoms with Crippen molar-refractivity contribution in [3.8, 4) is 5.75 Å². The number of hydrogen-bond acceptors (Lipinski definition) is 4. The molecule has 0 saturated carbocycles. The van der Waals surface area contributed by atoms with Crippen LogP contribution in [0, 0.1) is 0 Å². The number of hydrogen-bond donors (Lipinski definition) is 2. The van der Waals surface area contributed by atoms with Gasteiger partial charge in [-0.05, 0) is 24.6 Å². The third-order valence-corrected chi connectivity index (χ3v) is 3.31. The molecule has 0 atom stereocenters. The molecule has 10 heteroatoms. The Morgan fingerprint density at radius 3 is 2.54 bits per heavy atom. The monoisotopic (exact) mass is 370 g/mol. The average Bonchev–Trinajstić information content (AvgIpc) is 3.01. The van der Waals surface area contributed by atoms with E-state index in [1.165, 1.54) is 18.5 Å². The number of benzene rings is 1. The standard InChI is InChI=1S/C16H21F3N6O/c1-3-20-15(22-9-14-23-11-24-25(14)2)21-8-12-4-6-13(7-5-12)26-10-16(17,18)19/h4-7,11H,3,8-10H2,1-2H3,(H2,20,21,22). The summed E-state index contributed by atoms with van der Waals surface area (Å²) in [6.45, 7) is 2.17. The number of nitrogens with zero attached hydrogens (tertiary/aromatic N) is 4. The van der Waals surface area contributed by atoms with Gasteiger partial charge in [-0.25, -0.2) is 9.98 Å². The van der Waals surface area contributed by atoms with Crippen molar-refractivity contribution in [3.63, 3.8) is 0 Å². The van der Waals surface area contributed by atoms with E-state index in [1.807, 2.05) is 6.92 Å². The summed E-state index contributed by atoms with van der Waals surface area (Å²) in [6, 6.07) is 6.36. The van der Waals surface area contributed by atoms with Crippen molar-refractivity contribution in [2.45, 2.75) is 26.2 Å². The van der Waals surface area contributed by atoms with Gasteiger partial charge >= 0.3 is 6.18 Å². The minimum absolute atomic E-state index is 0.169. The third-order valence-electron chi connectivity index (χ3n) is 3.31. The average molecular weight is 370 g/mol. The number of aromatic nitrogens is 3. The lowest BCUT2D eigenvalue weighted by Gasteiger charge is -2.11. The molecule has 0 fully saturated rings. The van der Waals surface area contributed by atoms with Gasteiger partial charge in [-0.3, -0.25) is 4.68 Å². The Bertz CT molecular complexity index is 712. The van der Waals surface area contributed by atoms with Gasteiger partial charge < -0.3 is 15.4 Å². The lowest BCUT2D eigenvalue weighted by molar-refractivity contribution is -0.153. The summed E-state index contributed by atoms with van der Waals surface area (Å²) < 4.78 is 42.7. The maximum Gasteiger partial charge on any atom is 0.422 e. The Morgan fingerprint density at radius 1 is 1.23 bits per heavy atom. The molecule has 0 aliphatic heterocycles. The predicted molar refractivity (Wildman–Crippen MR) is 90.7 cm³/mol. The molecule has 2 N–H and O–H groups in total. The molecule has 0 spiro atoms. The molecule has 26 heavy (non-hydrogen) atoms.